The Morgan fingerprint density at radius 1 is 1.00 bits per heavy atom. The van der Waals surface area contributed by atoms with Crippen LogP contribution < -0.4 is 5.32 Å². The quantitative estimate of drug-likeness (QED) is 0.807. The molecule has 0 aliphatic carbocycles. The predicted octanol–water partition coefficient (Wildman–Crippen LogP) is 4.62. The SMILES string of the molecule is Fc1ccc(-c2nc(C(F)(F)F)sc2CNCC(F)(F)F)cc1. The van der Waals surface area contributed by atoms with Crippen molar-refractivity contribution in [1.82, 2.24) is 10.3 Å². The molecule has 126 valence electrons. The molecule has 0 fully saturated rings. The normalized spacial score (nSPS) is 12.7. The van der Waals surface area contributed by atoms with Gasteiger partial charge in [0, 0.05) is 17.0 Å². The fraction of sp³-hybridized carbons (Fsp3) is 0.308. The van der Waals surface area contributed by atoms with E-state index < -0.39 is 36.3 Å². The summed E-state index contributed by atoms with van der Waals surface area (Å²) < 4.78 is 87.5. The first-order valence-corrected chi connectivity index (χ1v) is 6.98. The number of benzene rings is 1. The van der Waals surface area contributed by atoms with Crippen molar-refractivity contribution in [2.75, 3.05) is 6.54 Å². The molecular weight excluding hydrogens is 349 g/mol. The molecule has 2 nitrogen and oxygen atoms in total. The van der Waals surface area contributed by atoms with Crippen LogP contribution in [0.4, 0.5) is 30.7 Å². The molecule has 2 rings (SSSR count). The van der Waals surface area contributed by atoms with Crippen molar-refractivity contribution in [3.63, 3.8) is 0 Å². The van der Waals surface area contributed by atoms with Crippen molar-refractivity contribution in [1.29, 1.82) is 0 Å². The molecule has 0 unspecified atom stereocenters. The van der Waals surface area contributed by atoms with Crippen molar-refractivity contribution >= 4 is 11.3 Å². The lowest BCUT2D eigenvalue weighted by Crippen LogP contribution is -2.28. The lowest BCUT2D eigenvalue weighted by atomic mass is 10.1. The van der Waals surface area contributed by atoms with Crippen LogP contribution in [0.15, 0.2) is 24.3 Å². The minimum atomic E-state index is -4.71. The van der Waals surface area contributed by atoms with Gasteiger partial charge in [0.15, 0.2) is 5.01 Å². The second kappa shape index (κ2) is 6.44. The Kier molecular flexibility index (Phi) is 4.95. The molecule has 1 heterocycles. The van der Waals surface area contributed by atoms with Crippen LogP contribution >= 0.6 is 11.3 Å². The van der Waals surface area contributed by atoms with Crippen molar-refractivity contribution in [3.8, 4) is 11.3 Å². The number of nitrogens with one attached hydrogen (secondary N) is 1. The minimum Gasteiger partial charge on any atom is -0.304 e. The fourth-order valence-electron chi connectivity index (χ4n) is 1.74. The highest BCUT2D eigenvalue weighted by Gasteiger charge is 2.36. The molecule has 10 heteroatoms. The lowest BCUT2D eigenvalue weighted by Gasteiger charge is -2.08. The van der Waals surface area contributed by atoms with E-state index in [1.54, 1.807) is 0 Å². The van der Waals surface area contributed by atoms with E-state index in [9.17, 15) is 30.7 Å². The fourth-order valence-corrected chi connectivity index (χ4v) is 2.66. The first-order chi connectivity index (χ1) is 10.6. The Bertz CT molecular complexity index is 658. The summed E-state index contributed by atoms with van der Waals surface area (Å²) in [5.74, 6) is -0.586. The third-order valence-corrected chi connectivity index (χ3v) is 3.77. The van der Waals surface area contributed by atoms with Crippen molar-refractivity contribution < 1.29 is 30.7 Å². The molecule has 1 N–H and O–H groups in total. The summed E-state index contributed by atoms with van der Waals surface area (Å²) in [5, 5.41) is 0.866. The number of hydrogen-bond donors (Lipinski definition) is 1. The van der Waals surface area contributed by atoms with Gasteiger partial charge in [-0.1, -0.05) is 0 Å². The van der Waals surface area contributed by atoms with E-state index >= 15 is 0 Å². The van der Waals surface area contributed by atoms with E-state index in [2.05, 4.69) is 4.98 Å². The highest BCUT2D eigenvalue weighted by Crippen LogP contribution is 2.37. The van der Waals surface area contributed by atoms with E-state index in [1.807, 2.05) is 5.32 Å². The molecule has 23 heavy (non-hydrogen) atoms. The van der Waals surface area contributed by atoms with Crippen LogP contribution in [0.25, 0.3) is 11.3 Å². The van der Waals surface area contributed by atoms with Gasteiger partial charge < -0.3 is 5.32 Å². The molecule has 0 bridgehead atoms. The highest BCUT2D eigenvalue weighted by atomic mass is 32.1. The average Bonchev–Trinajstić information content (AvgIpc) is 2.82. The minimum absolute atomic E-state index is 0.00631. The summed E-state index contributed by atoms with van der Waals surface area (Å²) in [6, 6.07) is 4.51. The Morgan fingerprint density at radius 2 is 1.61 bits per heavy atom. The zero-order valence-corrected chi connectivity index (χ0v) is 12.0. The number of hydrogen-bond acceptors (Lipinski definition) is 3. The van der Waals surface area contributed by atoms with Crippen molar-refractivity contribution in [2.24, 2.45) is 0 Å². The Labute approximate surface area is 130 Å². The van der Waals surface area contributed by atoms with E-state index in [0.29, 0.717) is 0 Å². The summed E-state index contributed by atoms with van der Waals surface area (Å²) in [7, 11) is 0. The zero-order chi connectivity index (χ0) is 17.3. The van der Waals surface area contributed by atoms with E-state index in [0.717, 1.165) is 12.1 Å². The number of aromatic nitrogens is 1. The number of halogens is 7. The van der Waals surface area contributed by atoms with Crippen LogP contribution in [0.3, 0.4) is 0 Å². The molecule has 0 atom stereocenters. The first-order valence-electron chi connectivity index (χ1n) is 6.16. The zero-order valence-electron chi connectivity index (χ0n) is 11.2. The van der Waals surface area contributed by atoms with E-state index in [1.165, 1.54) is 12.1 Å². The van der Waals surface area contributed by atoms with Gasteiger partial charge in [0.2, 0.25) is 0 Å². The van der Waals surface area contributed by atoms with Gasteiger partial charge in [-0.25, -0.2) is 9.37 Å². The van der Waals surface area contributed by atoms with Crippen LogP contribution in [0.2, 0.25) is 0 Å². The van der Waals surface area contributed by atoms with Gasteiger partial charge >= 0.3 is 12.4 Å². The first kappa shape index (κ1) is 17.7. The Morgan fingerprint density at radius 3 is 2.13 bits per heavy atom. The summed E-state index contributed by atoms with van der Waals surface area (Å²) in [6.45, 7) is -1.77. The monoisotopic (exact) mass is 358 g/mol. The summed E-state index contributed by atoms with van der Waals surface area (Å²) in [5.41, 5.74) is 0.0824. The third kappa shape index (κ3) is 4.90. The van der Waals surface area contributed by atoms with Gasteiger partial charge in [0.05, 0.1) is 12.2 Å². The second-order valence-electron chi connectivity index (χ2n) is 4.51. The van der Waals surface area contributed by atoms with E-state index in [-0.39, 0.29) is 27.5 Å². The van der Waals surface area contributed by atoms with Crippen LogP contribution in [0, 0.1) is 5.82 Å². The molecular formula is C13H9F7N2S. The van der Waals surface area contributed by atoms with Crippen LogP contribution in [-0.4, -0.2) is 17.7 Å². The maximum Gasteiger partial charge on any atom is 0.443 e. The standard InChI is InChI=1S/C13H9F7N2S/c14-8-3-1-7(2-4-8)10-9(5-21-6-12(15,16)17)23-11(22-10)13(18,19)20/h1-4,21H,5-6H2. The van der Waals surface area contributed by atoms with Gasteiger partial charge in [0.25, 0.3) is 0 Å². The van der Waals surface area contributed by atoms with E-state index in [4.69, 9.17) is 0 Å². The molecule has 0 saturated heterocycles. The number of nitrogens with zero attached hydrogens (tertiary/aromatic N) is 1. The van der Waals surface area contributed by atoms with Crippen LogP contribution in [0.1, 0.15) is 9.88 Å². The van der Waals surface area contributed by atoms with Crippen LogP contribution in [-0.2, 0) is 12.7 Å². The van der Waals surface area contributed by atoms with Gasteiger partial charge in [-0.2, -0.15) is 26.3 Å². The largest absolute Gasteiger partial charge is 0.443 e. The topological polar surface area (TPSA) is 24.9 Å². The van der Waals surface area contributed by atoms with Gasteiger partial charge in [-0.3, -0.25) is 0 Å². The van der Waals surface area contributed by atoms with Gasteiger partial charge in [-0.15, -0.1) is 11.3 Å². The number of thiazole rings is 1. The summed E-state index contributed by atoms with van der Waals surface area (Å²) in [4.78, 5) is 3.44. The molecule has 0 spiro atoms. The molecule has 2 aromatic rings. The summed E-state index contributed by atoms with van der Waals surface area (Å²) in [6.07, 6.45) is -9.19. The summed E-state index contributed by atoms with van der Waals surface area (Å²) >= 11 is 0.256. The predicted molar refractivity (Wildman–Crippen MR) is 70.3 cm³/mol. The maximum atomic E-state index is 12.9. The molecule has 0 saturated carbocycles. The van der Waals surface area contributed by atoms with Crippen LogP contribution in [0.5, 0.6) is 0 Å². The Balaban J connectivity index is 2.31. The average molecular weight is 358 g/mol. The molecule has 0 amide bonds. The molecule has 0 aliphatic rings. The second-order valence-corrected chi connectivity index (χ2v) is 5.60. The van der Waals surface area contributed by atoms with Gasteiger partial charge in [-0.05, 0) is 24.3 Å². The Hall–Kier alpha value is -1.68. The third-order valence-electron chi connectivity index (χ3n) is 2.67. The maximum absolute atomic E-state index is 12.9. The van der Waals surface area contributed by atoms with Crippen molar-refractivity contribution in [3.05, 3.63) is 40.0 Å². The number of alkyl halides is 6. The smallest absolute Gasteiger partial charge is 0.304 e. The number of rotatable bonds is 4. The molecule has 0 radical (unpaired) electrons. The van der Waals surface area contributed by atoms with Crippen molar-refractivity contribution in [2.45, 2.75) is 18.9 Å². The molecule has 1 aromatic carbocycles. The molecule has 1 aromatic heterocycles. The van der Waals surface area contributed by atoms with Gasteiger partial charge in [0.1, 0.15) is 5.82 Å². The lowest BCUT2D eigenvalue weighted by molar-refractivity contribution is -0.137. The molecule has 0 aliphatic heterocycles. The highest BCUT2D eigenvalue weighted by molar-refractivity contribution is 7.12.